The van der Waals surface area contributed by atoms with E-state index in [1.165, 1.54) is 42.6 Å². The summed E-state index contributed by atoms with van der Waals surface area (Å²) < 4.78 is 13.6. The van der Waals surface area contributed by atoms with Crippen LogP contribution in [0.4, 0.5) is 15.8 Å². The molecule has 0 saturated carbocycles. The molecular formula is C21H14FN5O4. The number of hydrogen-bond acceptors (Lipinski definition) is 6. The average Bonchev–Trinajstić information content (AvgIpc) is 3.10. The summed E-state index contributed by atoms with van der Waals surface area (Å²) in [6.07, 6.45) is 4.24. The molecule has 0 radical (unpaired) electrons. The number of rotatable bonds is 5. The van der Waals surface area contributed by atoms with Crippen molar-refractivity contribution in [1.82, 2.24) is 14.7 Å². The topological polar surface area (TPSA) is 123 Å². The first-order valence-electron chi connectivity index (χ1n) is 8.98. The van der Waals surface area contributed by atoms with Gasteiger partial charge in [0.2, 0.25) is 5.91 Å². The number of pyridine rings is 1. The zero-order chi connectivity index (χ0) is 22.0. The maximum absolute atomic E-state index is 12.9. The van der Waals surface area contributed by atoms with Crippen molar-refractivity contribution in [2.24, 2.45) is 0 Å². The van der Waals surface area contributed by atoms with Crippen LogP contribution in [-0.4, -0.2) is 30.7 Å². The van der Waals surface area contributed by atoms with Crippen molar-refractivity contribution < 1.29 is 19.3 Å². The van der Waals surface area contributed by atoms with Crippen molar-refractivity contribution in [1.29, 1.82) is 0 Å². The van der Waals surface area contributed by atoms with Crippen LogP contribution in [0.25, 0.3) is 28.6 Å². The fraction of sp³-hybridized carbons (Fsp3) is 0. The van der Waals surface area contributed by atoms with Crippen molar-refractivity contribution in [2.45, 2.75) is 0 Å². The third-order valence-corrected chi connectivity index (χ3v) is 4.38. The van der Waals surface area contributed by atoms with E-state index in [1.54, 1.807) is 30.3 Å². The molecule has 0 unspecified atom stereocenters. The molecule has 2 N–H and O–H groups in total. The number of nitrogens with one attached hydrogen (secondary N) is 1. The first-order valence-corrected chi connectivity index (χ1v) is 8.98. The Morgan fingerprint density at radius 3 is 2.61 bits per heavy atom. The van der Waals surface area contributed by atoms with Gasteiger partial charge in [-0.15, -0.1) is 0 Å². The minimum atomic E-state index is -0.563. The van der Waals surface area contributed by atoms with Gasteiger partial charge in [-0.3, -0.25) is 19.9 Å². The van der Waals surface area contributed by atoms with E-state index in [4.69, 9.17) is 0 Å². The van der Waals surface area contributed by atoms with Crippen LogP contribution in [0.1, 0.15) is 5.56 Å². The monoisotopic (exact) mass is 419 g/mol. The summed E-state index contributed by atoms with van der Waals surface area (Å²) in [5.41, 5.74) is 1.76. The van der Waals surface area contributed by atoms with E-state index < -0.39 is 10.8 Å². The standard InChI is InChI=1S/C21H14FN5O4/c22-14-4-1-13(2-5-14)3-10-20(28)24-15-6-8-18(23-12-15)21-25-17-9-7-16(27(30)31)11-19(17)26(21)29/h1-12,29H,(H,24,28). The first kappa shape index (κ1) is 19.7. The van der Waals surface area contributed by atoms with Crippen LogP contribution in [0.5, 0.6) is 0 Å². The maximum atomic E-state index is 12.9. The Kier molecular flexibility index (Phi) is 5.10. The molecule has 31 heavy (non-hydrogen) atoms. The number of carbonyl (C=O) groups is 1. The van der Waals surface area contributed by atoms with Gasteiger partial charge in [0.05, 0.1) is 22.3 Å². The Morgan fingerprint density at radius 2 is 1.94 bits per heavy atom. The molecule has 10 heteroatoms. The second-order valence-electron chi connectivity index (χ2n) is 6.48. The molecule has 2 aromatic carbocycles. The van der Waals surface area contributed by atoms with Gasteiger partial charge >= 0.3 is 0 Å². The predicted octanol–water partition coefficient (Wildman–Crippen LogP) is 4.03. The van der Waals surface area contributed by atoms with Crippen molar-refractivity contribution in [2.75, 3.05) is 5.32 Å². The summed E-state index contributed by atoms with van der Waals surface area (Å²) in [4.78, 5) is 30.8. The molecule has 2 aromatic heterocycles. The SMILES string of the molecule is O=C(C=Cc1ccc(F)cc1)Nc1ccc(-c2nc3ccc([N+](=O)[O-])cc3n2O)nc1. The third kappa shape index (κ3) is 4.22. The van der Waals surface area contributed by atoms with Gasteiger partial charge in [0.25, 0.3) is 5.69 Å². The Bertz CT molecular complexity index is 1310. The van der Waals surface area contributed by atoms with E-state index in [0.29, 0.717) is 22.5 Å². The second-order valence-corrected chi connectivity index (χ2v) is 6.48. The van der Waals surface area contributed by atoms with E-state index in [2.05, 4.69) is 15.3 Å². The molecule has 2 heterocycles. The highest BCUT2D eigenvalue weighted by Gasteiger charge is 2.16. The molecule has 154 valence electrons. The fourth-order valence-corrected chi connectivity index (χ4v) is 2.86. The lowest BCUT2D eigenvalue weighted by molar-refractivity contribution is -0.384. The van der Waals surface area contributed by atoms with Gasteiger partial charge in [0.1, 0.15) is 17.0 Å². The van der Waals surface area contributed by atoms with E-state index >= 15 is 0 Å². The number of nitro benzene ring substituents is 1. The number of carbonyl (C=O) groups excluding carboxylic acids is 1. The number of non-ortho nitro benzene ring substituents is 1. The Labute approximate surface area is 174 Å². The number of anilines is 1. The van der Waals surface area contributed by atoms with Gasteiger partial charge in [-0.1, -0.05) is 12.1 Å². The van der Waals surface area contributed by atoms with Crippen LogP contribution in [-0.2, 0) is 4.79 Å². The van der Waals surface area contributed by atoms with Gasteiger partial charge in [0, 0.05) is 18.2 Å². The zero-order valence-electron chi connectivity index (χ0n) is 15.8. The van der Waals surface area contributed by atoms with Crippen LogP contribution in [0.15, 0.2) is 66.9 Å². The minimum Gasteiger partial charge on any atom is -0.426 e. The lowest BCUT2D eigenvalue weighted by Crippen LogP contribution is -2.08. The van der Waals surface area contributed by atoms with Crippen LogP contribution in [0.2, 0.25) is 0 Å². The number of nitro groups is 1. The van der Waals surface area contributed by atoms with Crippen LogP contribution < -0.4 is 5.32 Å². The van der Waals surface area contributed by atoms with Crippen LogP contribution in [0.3, 0.4) is 0 Å². The van der Waals surface area contributed by atoms with Gasteiger partial charge in [-0.05, 0) is 42.0 Å². The quantitative estimate of drug-likeness (QED) is 0.218. The third-order valence-electron chi connectivity index (χ3n) is 4.38. The van der Waals surface area contributed by atoms with Gasteiger partial charge < -0.3 is 10.5 Å². The molecule has 4 aromatic rings. The molecule has 0 atom stereocenters. The van der Waals surface area contributed by atoms with Crippen molar-refractivity contribution in [3.63, 3.8) is 0 Å². The van der Waals surface area contributed by atoms with Crippen LogP contribution >= 0.6 is 0 Å². The number of fused-ring (bicyclic) bond motifs is 1. The maximum Gasteiger partial charge on any atom is 0.271 e. The molecule has 0 saturated heterocycles. The summed E-state index contributed by atoms with van der Waals surface area (Å²) in [5.74, 6) is -0.660. The number of hydrogen-bond donors (Lipinski definition) is 2. The highest BCUT2D eigenvalue weighted by atomic mass is 19.1. The molecule has 0 bridgehead atoms. The van der Waals surface area contributed by atoms with Crippen molar-refractivity contribution in [3.05, 3.63) is 88.4 Å². The highest BCUT2D eigenvalue weighted by molar-refractivity contribution is 6.01. The van der Waals surface area contributed by atoms with Crippen molar-refractivity contribution >= 4 is 34.4 Å². The zero-order valence-corrected chi connectivity index (χ0v) is 15.8. The smallest absolute Gasteiger partial charge is 0.271 e. The Morgan fingerprint density at radius 1 is 1.16 bits per heavy atom. The average molecular weight is 419 g/mol. The van der Waals surface area contributed by atoms with E-state index in [0.717, 1.165) is 4.73 Å². The van der Waals surface area contributed by atoms with Crippen LogP contribution in [0, 0.1) is 15.9 Å². The Balaban J connectivity index is 1.50. The highest BCUT2D eigenvalue weighted by Crippen LogP contribution is 2.25. The van der Waals surface area contributed by atoms with Gasteiger partial charge in [0.15, 0.2) is 5.82 Å². The molecule has 0 aliphatic rings. The summed E-state index contributed by atoms with van der Waals surface area (Å²) in [5, 5.41) is 23.9. The van der Waals surface area contributed by atoms with Crippen molar-refractivity contribution in [3.8, 4) is 11.5 Å². The summed E-state index contributed by atoms with van der Waals surface area (Å²) in [7, 11) is 0. The lowest BCUT2D eigenvalue weighted by atomic mass is 10.2. The number of aromatic nitrogens is 3. The molecule has 0 aliphatic carbocycles. The summed E-state index contributed by atoms with van der Waals surface area (Å²) in [6, 6.07) is 12.8. The minimum absolute atomic E-state index is 0.101. The number of amides is 1. The normalized spacial score (nSPS) is 11.1. The molecule has 0 fully saturated rings. The molecule has 0 aliphatic heterocycles. The molecule has 9 nitrogen and oxygen atoms in total. The molecule has 4 rings (SSSR count). The van der Waals surface area contributed by atoms with E-state index in [-0.39, 0.29) is 22.8 Å². The molecular weight excluding hydrogens is 405 g/mol. The number of halogens is 1. The number of imidazole rings is 1. The Hall–Kier alpha value is -4.60. The lowest BCUT2D eigenvalue weighted by Gasteiger charge is -2.04. The largest absolute Gasteiger partial charge is 0.426 e. The first-order chi connectivity index (χ1) is 14.9. The summed E-state index contributed by atoms with van der Waals surface area (Å²) in [6.45, 7) is 0. The predicted molar refractivity (Wildman–Crippen MR) is 111 cm³/mol. The molecule has 1 amide bonds. The van der Waals surface area contributed by atoms with E-state index in [9.17, 15) is 24.5 Å². The number of nitrogens with zero attached hydrogens (tertiary/aromatic N) is 4. The van der Waals surface area contributed by atoms with Gasteiger partial charge in [-0.25, -0.2) is 9.37 Å². The fourth-order valence-electron chi connectivity index (χ4n) is 2.86. The summed E-state index contributed by atoms with van der Waals surface area (Å²) >= 11 is 0. The second kappa shape index (κ2) is 8.03. The van der Waals surface area contributed by atoms with Gasteiger partial charge in [-0.2, -0.15) is 4.73 Å². The number of benzene rings is 2. The van der Waals surface area contributed by atoms with E-state index in [1.807, 2.05) is 0 Å². The molecule has 0 spiro atoms.